The maximum absolute atomic E-state index is 13.7. The van der Waals surface area contributed by atoms with E-state index in [0.717, 1.165) is 56.9 Å². The third-order valence-corrected chi connectivity index (χ3v) is 13.5. The summed E-state index contributed by atoms with van der Waals surface area (Å²) in [4.78, 5) is 44.3. The molecule has 0 aromatic carbocycles. The van der Waals surface area contributed by atoms with E-state index in [0.29, 0.717) is 24.6 Å². The number of fused-ring (bicyclic) bond motifs is 3. The Bertz CT molecular complexity index is 1480. The lowest BCUT2D eigenvalue weighted by molar-refractivity contribution is -0.133. The van der Waals surface area contributed by atoms with Gasteiger partial charge in [-0.25, -0.2) is 4.98 Å². The second kappa shape index (κ2) is 11.3. The van der Waals surface area contributed by atoms with E-state index in [1.807, 2.05) is 44.2 Å². The van der Waals surface area contributed by atoms with Crippen molar-refractivity contribution in [3.63, 3.8) is 0 Å². The quantitative estimate of drug-likeness (QED) is 0.332. The van der Waals surface area contributed by atoms with Gasteiger partial charge in [0.1, 0.15) is 11.9 Å². The lowest BCUT2D eigenvalue weighted by Gasteiger charge is -2.63. The van der Waals surface area contributed by atoms with Gasteiger partial charge in [-0.2, -0.15) is 5.26 Å². The minimum atomic E-state index is -0.669. The zero-order valence-electron chi connectivity index (χ0n) is 28.8. The number of pyridine rings is 1. The molecule has 0 spiro atoms. The topological polar surface area (TPSA) is 99.9 Å². The molecule has 1 aromatic heterocycles. The first-order valence-electron chi connectivity index (χ1n) is 17.1. The van der Waals surface area contributed by atoms with Crippen LogP contribution in [0.2, 0.25) is 0 Å². The summed E-state index contributed by atoms with van der Waals surface area (Å²) in [6, 6.07) is 7.73. The second-order valence-electron chi connectivity index (χ2n) is 17.1. The van der Waals surface area contributed by atoms with Crippen molar-refractivity contribution in [3.05, 3.63) is 47.7 Å². The van der Waals surface area contributed by atoms with Crippen molar-refractivity contribution in [1.82, 2.24) is 4.98 Å². The van der Waals surface area contributed by atoms with E-state index in [1.54, 1.807) is 6.20 Å². The summed E-state index contributed by atoms with van der Waals surface area (Å²) in [5, 5.41) is 12.9. The fraction of sp³-hybridized carbons (Fsp3) is 0.667. The molecular weight excluding hydrogens is 558 g/mol. The van der Waals surface area contributed by atoms with Crippen LogP contribution in [0.3, 0.4) is 0 Å². The van der Waals surface area contributed by atoms with Gasteiger partial charge in [-0.05, 0) is 103 Å². The predicted molar refractivity (Wildman–Crippen MR) is 178 cm³/mol. The zero-order valence-corrected chi connectivity index (χ0v) is 28.8. The fourth-order valence-electron chi connectivity index (χ4n) is 10.4. The summed E-state index contributed by atoms with van der Waals surface area (Å²) in [6.45, 7) is 17.9. The van der Waals surface area contributed by atoms with Gasteiger partial charge in [-0.3, -0.25) is 14.4 Å². The number of carbonyl (C=O) groups is 3. The summed E-state index contributed by atoms with van der Waals surface area (Å²) in [7, 11) is 0. The molecule has 0 aliphatic heterocycles. The Balaban J connectivity index is 1.44. The molecule has 6 heteroatoms. The average molecular weight is 612 g/mol. The first kappa shape index (κ1) is 33.3. The number of hydrogen-bond donors (Lipinski definition) is 1. The third-order valence-electron chi connectivity index (χ3n) is 13.5. The Morgan fingerprint density at radius 3 is 2.40 bits per heavy atom. The number of anilines is 1. The van der Waals surface area contributed by atoms with Crippen molar-refractivity contribution >= 4 is 23.3 Å². The van der Waals surface area contributed by atoms with Crippen LogP contribution in [-0.4, -0.2) is 22.5 Å². The molecule has 1 heterocycles. The molecule has 4 aliphatic rings. The Kier molecular flexibility index (Phi) is 8.38. The van der Waals surface area contributed by atoms with E-state index in [4.69, 9.17) is 0 Å². The van der Waals surface area contributed by atoms with Crippen LogP contribution in [-0.2, 0) is 14.4 Å². The lowest BCUT2D eigenvalue weighted by atomic mass is 9.40. The smallest absolute Gasteiger partial charge is 0.225 e. The minimum absolute atomic E-state index is 0.00198. The molecule has 2 saturated carbocycles. The molecule has 1 amide bonds. The van der Waals surface area contributed by atoms with E-state index in [9.17, 15) is 19.6 Å². The maximum atomic E-state index is 13.7. The van der Waals surface area contributed by atoms with Gasteiger partial charge in [0, 0.05) is 29.9 Å². The summed E-state index contributed by atoms with van der Waals surface area (Å²) >= 11 is 0. The van der Waals surface area contributed by atoms with E-state index < -0.39 is 10.8 Å². The van der Waals surface area contributed by atoms with Gasteiger partial charge in [-0.1, -0.05) is 73.1 Å². The Morgan fingerprint density at radius 2 is 1.76 bits per heavy atom. The predicted octanol–water partition coefficient (Wildman–Crippen LogP) is 8.80. The Hall–Kier alpha value is -3.07. The third kappa shape index (κ3) is 5.63. The highest BCUT2D eigenvalue weighted by Gasteiger charge is 2.63. The SMILES string of the molecule is CC1CC(C)(C)CC[C@]1(CCC(=O)Nc1ccccn1)CC[C@]1(C)CC(=O)C=C2[C@@]3(C)C=C(C#N)C(=O)C(C)(C)[C@@H]3CC[C@]21C. The normalized spacial score (nSPS) is 37.0. The summed E-state index contributed by atoms with van der Waals surface area (Å²) in [5.41, 5.74) is -0.0960. The molecule has 0 radical (unpaired) electrons. The molecule has 1 aromatic rings. The van der Waals surface area contributed by atoms with Crippen molar-refractivity contribution in [3.8, 4) is 6.07 Å². The first-order chi connectivity index (χ1) is 20.9. The molecule has 6 nitrogen and oxygen atoms in total. The van der Waals surface area contributed by atoms with Crippen molar-refractivity contribution in [2.45, 2.75) is 120 Å². The number of rotatable bonds is 7. The largest absolute Gasteiger partial charge is 0.311 e. The maximum Gasteiger partial charge on any atom is 0.225 e. The number of hydrogen-bond acceptors (Lipinski definition) is 5. The standard InChI is InChI=1S/C39H53N3O3/c1-26-22-34(2,3)16-18-39(26,15-13-32(44)42-31-11-9-10-20-41-31)19-17-36(6)24-28(43)21-30-37(7)23-27(25-40)33(45)35(4,5)29(37)12-14-38(30,36)8/h9-11,20-21,23,26,29H,12-19,22,24H2,1-8H3,(H,41,42,44)/t26?,29-,36+,37-,38+,39+/m0/s1. The number of amides is 1. The van der Waals surface area contributed by atoms with Crippen LogP contribution >= 0.6 is 0 Å². The van der Waals surface area contributed by atoms with Gasteiger partial charge in [-0.15, -0.1) is 0 Å². The number of aromatic nitrogens is 1. The molecule has 5 rings (SSSR count). The fourth-order valence-corrected chi connectivity index (χ4v) is 10.4. The zero-order chi connectivity index (χ0) is 33.1. The van der Waals surface area contributed by atoms with Crippen LogP contribution in [0.4, 0.5) is 5.82 Å². The van der Waals surface area contributed by atoms with Crippen LogP contribution in [0.5, 0.6) is 0 Å². The summed E-state index contributed by atoms with van der Waals surface area (Å²) in [5.74, 6) is 1.14. The van der Waals surface area contributed by atoms with Crippen molar-refractivity contribution in [1.29, 1.82) is 5.26 Å². The number of allylic oxidation sites excluding steroid dienone is 4. The number of Topliss-reactive ketones (excluding diaryl/α,β-unsaturated/α-hetero) is 1. The monoisotopic (exact) mass is 611 g/mol. The van der Waals surface area contributed by atoms with Crippen molar-refractivity contribution in [2.75, 3.05) is 5.32 Å². The van der Waals surface area contributed by atoms with Crippen LogP contribution in [0.1, 0.15) is 120 Å². The molecule has 2 fully saturated rings. The molecule has 1 unspecified atom stereocenters. The number of ketones is 2. The number of nitriles is 1. The van der Waals surface area contributed by atoms with Crippen LogP contribution in [0.25, 0.3) is 0 Å². The van der Waals surface area contributed by atoms with Crippen molar-refractivity contribution < 1.29 is 14.4 Å². The number of carbonyl (C=O) groups excluding carboxylic acids is 3. The Labute approximate surface area is 270 Å². The highest BCUT2D eigenvalue weighted by atomic mass is 16.1. The van der Waals surface area contributed by atoms with E-state index >= 15 is 0 Å². The molecule has 0 bridgehead atoms. The van der Waals surface area contributed by atoms with Crippen LogP contribution in [0.15, 0.2) is 47.7 Å². The van der Waals surface area contributed by atoms with Crippen molar-refractivity contribution in [2.24, 2.45) is 44.3 Å². The van der Waals surface area contributed by atoms with Gasteiger partial charge in [0.25, 0.3) is 0 Å². The second-order valence-corrected chi connectivity index (χ2v) is 17.1. The highest BCUT2D eigenvalue weighted by Crippen LogP contribution is 2.69. The lowest BCUT2D eigenvalue weighted by Crippen LogP contribution is -2.58. The van der Waals surface area contributed by atoms with Gasteiger partial charge in [0.15, 0.2) is 11.6 Å². The molecule has 0 saturated heterocycles. The van der Waals surface area contributed by atoms with Gasteiger partial charge in [0.05, 0.1) is 5.57 Å². The number of nitrogens with one attached hydrogen (secondary N) is 1. The first-order valence-corrected chi connectivity index (χ1v) is 17.1. The minimum Gasteiger partial charge on any atom is -0.311 e. The van der Waals surface area contributed by atoms with E-state index in [-0.39, 0.29) is 50.6 Å². The molecule has 4 aliphatic carbocycles. The molecule has 1 N–H and O–H groups in total. The molecule has 6 atom stereocenters. The summed E-state index contributed by atoms with van der Waals surface area (Å²) < 4.78 is 0. The van der Waals surface area contributed by atoms with Gasteiger partial charge in [0.2, 0.25) is 5.91 Å². The van der Waals surface area contributed by atoms with Crippen LogP contribution in [0, 0.1) is 55.7 Å². The van der Waals surface area contributed by atoms with E-state index in [1.165, 1.54) is 0 Å². The molecule has 242 valence electrons. The van der Waals surface area contributed by atoms with Gasteiger partial charge < -0.3 is 5.32 Å². The average Bonchev–Trinajstić information content (AvgIpc) is 2.96. The van der Waals surface area contributed by atoms with Gasteiger partial charge >= 0.3 is 0 Å². The van der Waals surface area contributed by atoms with E-state index in [2.05, 4.69) is 57.9 Å². The number of nitrogens with zero attached hydrogens (tertiary/aromatic N) is 2. The van der Waals surface area contributed by atoms with Crippen LogP contribution < -0.4 is 5.32 Å². The molecular formula is C39H53N3O3. The highest BCUT2D eigenvalue weighted by molar-refractivity contribution is 6.04. The molecule has 45 heavy (non-hydrogen) atoms. The summed E-state index contributed by atoms with van der Waals surface area (Å²) in [6.07, 6.45) is 14.2. The Morgan fingerprint density at radius 1 is 1.02 bits per heavy atom.